The third-order valence-corrected chi connectivity index (χ3v) is 6.58. The Hall–Kier alpha value is -2.39. The van der Waals surface area contributed by atoms with Crippen LogP contribution < -0.4 is 5.32 Å². The summed E-state index contributed by atoms with van der Waals surface area (Å²) in [5.74, 6) is 0.0686. The Labute approximate surface area is 164 Å². The van der Waals surface area contributed by atoms with Gasteiger partial charge in [-0.1, -0.05) is 6.07 Å². The molecule has 3 saturated heterocycles. The number of halogens is 2. The zero-order valence-electron chi connectivity index (χ0n) is 15.0. The lowest BCUT2D eigenvalue weighted by Crippen LogP contribution is -2.57. The molecule has 0 radical (unpaired) electrons. The Kier molecular flexibility index (Phi) is 4.36. The van der Waals surface area contributed by atoms with Crippen molar-refractivity contribution in [3.8, 4) is 10.6 Å². The average Bonchev–Trinajstić information content (AvgIpc) is 3.36. The van der Waals surface area contributed by atoms with E-state index in [4.69, 9.17) is 0 Å². The molecule has 3 aliphatic heterocycles. The summed E-state index contributed by atoms with van der Waals surface area (Å²) in [4.78, 5) is 19.5. The third kappa shape index (κ3) is 2.98. The van der Waals surface area contributed by atoms with Gasteiger partial charge in [0.15, 0.2) is 5.69 Å². The second-order valence-electron chi connectivity index (χ2n) is 7.36. The molecule has 1 aromatic carbocycles. The zero-order valence-corrected chi connectivity index (χ0v) is 15.8. The van der Waals surface area contributed by atoms with Crippen LogP contribution in [-0.4, -0.2) is 51.2 Å². The molecule has 3 aliphatic rings. The number of rotatable bonds is 4. The van der Waals surface area contributed by atoms with Gasteiger partial charge in [-0.2, -0.15) is 13.9 Å². The van der Waals surface area contributed by atoms with Crippen LogP contribution in [0.15, 0.2) is 29.8 Å². The fourth-order valence-electron chi connectivity index (χ4n) is 4.32. The van der Waals surface area contributed by atoms with Gasteiger partial charge in [0.1, 0.15) is 5.01 Å². The maximum Gasteiger partial charge on any atom is 0.333 e. The number of thiazole rings is 1. The minimum atomic E-state index is -2.83. The Balaban J connectivity index is 1.49. The summed E-state index contributed by atoms with van der Waals surface area (Å²) in [5.41, 5.74) is 1.02. The lowest BCUT2D eigenvalue weighted by atomic mass is 9.84. The third-order valence-electron chi connectivity index (χ3n) is 5.76. The van der Waals surface area contributed by atoms with Gasteiger partial charge in [0.05, 0.1) is 5.52 Å². The number of hydrogen-bond donors (Lipinski definition) is 1. The molecule has 3 aromatic rings. The molecule has 5 heterocycles. The molecule has 6 nitrogen and oxygen atoms in total. The molecule has 6 rings (SSSR count). The van der Waals surface area contributed by atoms with Gasteiger partial charge in [-0.25, -0.2) is 9.67 Å². The van der Waals surface area contributed by atoms with Gasteiger partial charge in [-0.3, -0.25) is 4.79 Å². The number of nitrogens with one attached hydrogen (secondary N) is 1. The van der Waals surface area contributed by atoms with Gasteiger partial charge >= 0.3 is 6.55 Å². The van der Waals surface area contributed by atoms with E-state index in [9.17, 15) is 13.6 Å². The standard InChI is InChI=1S/C19H19F2N5OS/c20-19(21)26-15-9-12(18-22-5-8-28-18)1-2-13(15)16(24-26)17(27)23-14-10-25-6-3-11(14)4-7-25/h1-2,5,8-9,11,14,19H,3-4,6-7,10H2,(H,23,27). The highest BCUT2D eigenvalue weighted by molar-refractivity contribution is 7.13. The first-order valence-electron chi connectivity index (χ1n) is 9.33. The number of carbonyl (C=O) groups excluding carboxylic acids is 1. The maximum absolute atomic E-state index is 13.6. The monoisotopic (exact) mass is 403 g/mol. The van der Waals surface area contributed by atoms with E-state index in [0.717, 1.165) is 43.0 Å². The maximum atomic E-state index is 13.6. The van der Waals surface area contributed by atoms with Crippen LogP contribution in [0.5, 0.6) is 0 Å². The number of hydrogen-bond acceptors (Lipinski definition) is 5. The number of fused-ring (bicyclic) bond motifs is 4. The minimum absolute atomic E-state index is 0.0522. The molecule has 2 bridgehead atoms. The van der Waals surface area contributed by atoms with Crippen molar-refractivity contribution in [3.05, 3.63) is 35.5 Å². The number of piperidine rings is 3. The van der Waals surface area contributed by atoms with Crippen molar-refractivity contribution in [2.24, 2.45) is 5.92 Å². The number of carbonyl (C=O) groups is 1. The van der Waals surface area contributed by atoms with Crippen LogP contribution in [-0.2, 0) is 0 Å². The lowest BCUT2D eigenvalue weighted by Gasteiger charge is -2.44. The van der Waals surface area contributed by atoms with Crippen LogP contribution in [0.25, 0.3) is 21.5 Å². The lowest BCUT2D eigenvalue weighted by molar-refractivity contribution is 0.0578. The largest absolute Gasteiger partial charge is 0.346 e. The molecule has 1 amide bonds. The smallest absolute Gasteiger partial charge is 0.333 e. The molecule has 0 spiro atoms. The molecule has 3 fully saturated rings. The second-order valence-corrected chi connectivity index (χ2v) is 8.25. The summed E-state index contributed by atoms with van der Waals surface area (Å²) >= 11 is 1.43. The van der Waals surface area contributed by atoms with Gasteiger partial charge in [0.25, 0.3) is 5.91 Å². The van der Waals surface area contributed by atoms with Crippen LogP contribution in [0.1, 0.15) is 29.9 Å². The fourth-order valence-corrected chi connectivity index (χ4v) is 4.95. The van der Waals surface area contributed by atoms with E-state index in [1.165, 1.54) is 11.3 Å². The van der Waals surface area contributed by atoms with Crippen molar-refractivity contribution in [2.45, 2.75) is 25.4 Å². The van der Waals surface area contributed by atoms with Crippen LogP contribution in [0.2, 0.25) is 0 Å². The summed E-state index contributed by atoms with van der Waals surface area (Å²) in [5, 5.41) is 10.0. The average molecular weight is 403 g/mol. The van der Waals surface area contributed by atoms with Crippen LogP contribution >= 0.6 is 11.3 Å². The van der Waals surface area contributed by atoms with E-state index >= 15 is 0 Å². The topological polar surface area (TPSA) is 63.1 Å². The van der Waals surface area contributed by atoms with Crippen molar-refractivity contribution in [2.75, 3.05) is 19.6 Å². The van der Waals surface area contributed by atoms with Gasteiger partial charge in [-0.05, 0) is 44.0 Å². The van der Waals surface area contributed by atoms with E-state index in [0.29, 0.717) is 16.0 Å². The number of alkyl halides is 2. The fraction of sp³-hybridized carbons (Fsp3) is 0.421. The molecule has 146 valence electrons. The normalized spacial score (nSPS) is 24.2. The van der Waals surface area contributed by atoms with Crippen LogP contribution in [0.4, 0.5) is 8.78 Å². The molecule has 9 heteroatoms. The van der Waals surface area contributed by atoms with Gasteiger partial charge in [0, 0.05) is 35.1 Å². The van der Waals surface area contributed by atoms with Crippen LogP contribution in [0.3, 0.4) is 0 Å². The minimum Gasteiger partial charge on any atom is -0.346 e. The molecule has 1 N–H and O–H groups in total. The Morgan fingerprint density at radius 3 is 2.75 bits per heavy atom. The number of benzene rings is 1. The van der Waals surface area contributed by atoms with Crippen molar-refractivity contribution in [1.29, 1.82) is 0 Å². The first kappa shape index (κ1) is 17.7. The molecule has 0 saturated carbocycles. The van der Waals surface area contributed by atoms with Crippen LogP contribution in [0, 0.1) is 5.92 Å². The zero-order chi connectivity index (χ0) is 19.3. The molecular weight excluding hydrogens is 384 g/mol. The highest BCUT2D eigenvalue weighted by atomic mass is 32.1. The molecule has 28 heavy (non-hydrogen) atoms. The highest BCUT2D eigenvalue weighted by Gasteiger charge is 2.35. The van der Waals surface area contributed by atoms with E-state index in [2.05, 4.69) is 20.3 Å². The summed E-state index contributed by atoms with van der Waals surface area (Å²) < 4.78 is 27.8. The van der Waals surface area contributed by atoms with E-state index < -0.39 is 6.55 Å². The Bertz CT molecular complexity index is 1010. The van der Waals surface area contributed by atoms with E-state index in [-0.39, 0.29) is 23.2 Å². The van der Waals surface area contributed by atoms with Gasteiger partial charge in [0.2, 0.25) is 0 Å². The van der Waals surface area contributed by atoms with Crippen molar-refractivity contribution in [1.82, 2.24) is 25.0 Å². The van der Waals surface area contributed by atoms with Crippen molar-refractivity contribution < 1.29 is 13.6 Å². The summed E-state index contributed by atoms with van der Waals surface area (Å²) in [7, 11) is 0. The van der Waals surface area contributed by atoms with Gasteiger partial charge in [-0.15, -0.1) is 11.3 Å². The van der Waals surface area contributed by atoms with Gasteiger partial charge < -0.3 is 10.2 Å². The molecular formula is C19H19F2N5OS. The SMILES string of the molecule is O=C(NC1CN2CCC1CC2)c1nn(C(F)F)c2cc(-c3nccs3)ccc12. The molecule has 2 aromatic heterocycles. The Morgan fingerprint density at radius 2 is 2.11 bits per heavy atom. The Morgan fingerprint density at radius 1 is 1.29 bits per heavy atom. The molecule has 1 atom stereocenters. The molecule has 1 unspecified atom stereocenters. The summed E-state index contributed by atoms with van der Waals surface area (Å²) in [6, 6.07) is 5.15. The first-order chi connectivity index (χ1) is 13.6. The van der Waals surface area contributed by atoms with Crippen molar-refractivity contribution >= 4 is 28.1 Å². The summed E-state index contributed by atoms with van der Waals surface area (Å²) in [6.07, 6.45) is 3.80. The summed E-state index contributed by atoms with van der Waals surface area (Å²) in [6.45, 7) is 0.129. The predicted octanol–water partition coefficient (Wildman–Crippen LogP) is 3.38. The predicted molar refractivity (Wildman–Crippen MR) is 103 cm³/mol. The van der Waals surface area contributed by atoms with E-state index in [1.807, 2.05) is 5.38 Å². The number of amides is 1. The van der Waals surface area contributed by atoms with Crippen molar-refractivity contribution in [3.63, 3.8) is 0 Å². The van der Waals surface area contributed by atoms with E-state index in [1.54, 1.807) is 24.4 Å². The number of nitrogens with zero attached hydrogens (tertiary/aromatic N) is 4. The first-order valence-corrected chi connectivity index (χ1v) is 10.2. The highest BCUT2D eigenvalue weighted by Crippen LogP contribution is 2.31. The quantitative estimate of drug-likeness (QED) is 0.726. The number of aromatic nitrogens is 3. The molecule has 0 aliphatic carbocycles. The second kappa shape index (κ2) is 6.89.